The molecule has 1 rings (SSSR count). The molecular weight excluding hydrogens is 314 g/mol. The summed E-state index contributed by atoms with van der Waals surface area (Å²) in [7, 11) is 1.93. The molecule has 6 nitrogen and oxygen atoms in total. The lowest BCUT2D eigenvalue weighted by Crippen LogP contribution is -2.35. The minimum absolute atomic E-state index is 0.265. The van der Waals surface area contributed by atoms with Crippen LogP contribution in [0.3, 0.4) is 0 Å². The van der Waals surface area contributed by atoms with Crippen LogP contribution in [0.1, 0.15) is 33.6 Å². The standard InChI is InChI=1S/C16H31N3O3S/c1-6-18(10-15-9-14(3)22-12-15)8-7-13(2)17(4)16(23-5)11-19(20)21/h11,13-15H,6-10,12H2,1-5H3. The first-order chi connectivity index (χ1) is 10.9. The Bertz CT molecular complexity index is 406. The van der Waals surface area contributed by atoms with Crippen molar-refractivity contribution in [2.24, 2.45) is 5.92 Å². The van der Waals surface area contributed by atoms with E-state index in [1.807, 2.05) is 18.2 Å². The summed E-state index contributed by atoms with van der Waals surface area (Å²) < 4.78 is 5.65. The third kappa shape index (κ3) is 7.10. The van der Waals surface area contributed by atoms with Gasteiger partial charge in [0.05, 0.1) is 17.6 Å². The fraction of sp³-hybridized carbons (Fsp3) is 0.875. The third-order valence-electron chi connectivity index (χ3n) is 4.54. The van der Waals surface area contributed by atoms with Gasteiger partial charge in [0.25, 0.3) is 6.20 Å². The van der Waals surface area contributed by atoms with E-state index in [2.05, 4.69) is 25.7 Å². The molecule has 0 spiro atoms. The number of ether oxygens (including phenoxy) is 1. The summed E-state index contributed by atoms with van der Waals surface area (Å²) in [6, 6.07) is 0.265. The number of hydrogen-bond acceptors (Lipinski definition) is 6. The van der Waals surface area contributed by atoms with Gasteiger partial charge < -0.3 is 14.5 Å². The largest absolute Gasteiger partial charge is 0.378 e. The van der Waals surface area contributed by atoms with Crippen molar-refractivity contribution in [3.63, 3.8) is 0 Å². The molecule has 0 aromatic rings. The van der Waals surface area contributed by atoms with Gasteiger partial charge in [-0.3, -0.25) is 10.1 Å². The van der Waals surface area contributed by atoms with E-state index in [4.69, 9.17) is 4.74 Å². The molecule has 0 radical (unpaired) electrons. The highest BCUT2D eigenvalue weighted by molar-refractivity contribution is 8.02. The molecule has 134 valence electrons. The normalized spacial score (nSPS) is 23.3. The lowest BCUT2D eigenvalue weighted by Gasteiger charge is -2.30. The average molecular weight is 346 g/mol. The van der Waals surface area contributed by atoms with E-state index in [9.17, 15) is 10.1 Å². The Morgan fingerprint density at radius 3 is 2.74 bits per heavy atom. The SMILES string of the molecule is CCN(CCC(C)N(C)C(=C[N+](=O)[O-])SC)CC1COC(C)C1. The van der Waals surface area contributed by atoms with Crippen LogP contribution in [-0.4, -0.2) is 66.4 Å². The van der Waals surface area contributed by atoms with Crippen LogP contribution in [0, 0.1) is 16.0 Å². The maximum Gasteiger partial charge on any atom is 0.264 e. The van der Waals surface area contributed by atoms with Crippen LogP contribution in [-0.2, 0) is 4.74 Å². The van der Waals surface area contributed by atoms with Gasteiger partial charge in [0.15, 0.2) is 0 Å². The lowest BCUT2D eigenvalue weighted by atomic mass is 10.1. The van der Waals surface area contributed by atoms with Crippen LogP contribution < -0.4 is 0 Å². The zero-order valence-electron chi connectivity index (χ0n) is 15.0. The Kier molecular flexibility index (Phi) is 8.94. The van der Waals surface area contributed by atoms with E-state index < -0.39 is 0 Å². The lowest BCUT2D eigenvalue weighted by molar-refractivity contribution is -0.403. The molecule has 3 unspecified atom stereocenters. The molecule has 3 atom stereocenters. The predicted octanol–water partition coefficient (Wildman–Crippen LogP) is 2.88. The predicted molar refractivity (Wildman–Crippen MR) is 96.1 cm³/mol. The van der Waals surface area contributed by atoms with E-state index in [-0.39, 0.29) is 11.0 Å². The van der Waals surface area contributed by atoms with Gasteiger partial charge in [0.2, 0.25) is 0 Å². The quantitative estimate of drug-likeness (QED) is 0.448. The second-order valence-electron chi connectivity index (χ2n) is 6.34. The highest BCUT2D eigenvalue weighted by Crippen LogP contribution is 2.22. The smallest absolute Gasteiger partial charge is 0.264 e. The fourth-order valence-corrected chi connectivity index (χ4v) is 3.59. The minimum atomic E-state index is -0.380. The summed E-state index contributed by atoms with van der Waals surface area (Å²) in [5.74, 6) is 0.633. The Balaban J connectivity index is 2.45. The molecule has 0 aromatic heterocycles. The molecule has 23 heavy (non-hydrogen) atoms. The van der Waals surface area contributed by atoms with Crippen LogP contribution in [0.2, 0.25) is 0 Å². The molecule has 1 aliphatic rings. The molecular formula is C16H31N3O3S. The van der Waals surface area contributed by atoms with Crippen molar-refractivity contribution < 1.29 is 9.66 Å². The Morgan fingerprint density at radius 2 is 2.26 bits per heavy atom. The molecule has 1 saturated heterocycles. The molecule has 0 bridgehead atoms. The number of rotatable bonds is 10. The molecule has 0 amide bonds. The number of nitrogens with zero attached hydrogens (tertiary/aromatic N) is 3. The number of nitro groups is 1. The highest BCUT2D eigenvalue weighted by atomic mass is 32.2. The Morgan fingerprint density at radius 1 is 1.57 bits per heavy atom. The van der Waals surface area contributed by atoms with Crippen molar-refractivity contribution >= 4 is 11.8 Å². The van der Waals surface area contributed by atoms with Crippen molar-refractivity contribution in [3.05, 3.63) is 21.3 Å². The topological polar surface area (TPSA) is 58.9 Å². The average Bonchev–Trinajstić information content (AvgIpc) is 2.92. The molecule has 0 aliphatic carbocycles. The summed E-state index contributed by atoms with van der Waals surface area (Å²) in [6.45, 7) is 10.4. The molecule has 0 saturated carbocycles. The maximum absolute atomic E-state index is 10.7. The summed E-state index contributed by atoms with van der Waals surface area (Å²) in [6.07, 6.45) is 5.49. The number of thioether (sulfide) groups is 1. The zero-order chi connectivity index (χ0) is 17.4. The van der Waals surface area contributed by atoms with Gasteiger partial charge in [0, 0.05) is 26.2 Å². The summed E-state index contributed by atoms with van der Waals surface area (Å²) in [5.41, 5.74) is 0. The van der Waals surface area contributed by atoms with Crippen LogP contribution in [0.4, 0.5) is 0 Å². The zero-order valence-corrected chi connectivity index (χ0v) is 15.8. The van der Waals surface area contributed by atoms with Crippen molar-refractivity contribution in [1.82, 2.24) is 9.80 Å². The first-order valence-corrected chi connectivity index (χ1v) is 9.55. The van der Waals surface area contributed by atoms with Crippen LogP contribution in [0.25, 0.3) is 0 Å². The molecule has 0 aromatic carbocycles. The van der Waals surface area contributed by atoms with E-state index in [0.717, 1.165) is 45.3 Å². The van der Waals surface area contributed by atoms with Gasteiger partial charge in [0.1, 0.15) is 5.03 Å². The summed E-state index contributed by atoms with van der Waals surface area (Å²) >= 11 is 1.42. The van der Waals surface area contributed by atoms with E-state index in [1.54, 1.807) is 0 Å². The van der Waals surface area contributed by atoms with Gasteiger partial charge in [-0.05, 0) is 45.4 Å². The van der Waals surface area contributed by atoms with Crippen molar-refractivity contribution in [3.8, 4) is 0 Å². The van der Waals surface area contributed by atoms with Crippen LogP contribution in [0.5, 0.6) is 0 Å². The van der Waals surface area contributed by atoms with Crippen molar-refractivity contribution in [2.45, 2.75) is 45.8 Å². The second kappa shape index (κ2) is 10.2. The Labute approximate surface area is 144 Å². The number of hydrogen-bond donors (Lipinski definition) is 0. The van der Waals surface area contributed by atoms with Gasteiger partial charge in [-0.15, -0.1) is 11.8 Å². The monoisotopic (exact) mass is 345 g/mol. The second-order valence-corrected chi connectivity index (χ2v) is 7.17. The van der Waals surface area contributed by atoms with Gasteiger partial charge in [-0.2, -0.15) is 0 Å². The summed E-state index contributed by atoms with van der Waals surface area (Å²) in [4.78, 5) is 14.8. The fourth-order valence-electron chi connectivity index (χ4n) is 2.93. The van der Waals surface area contributed by atoms with Gasteiger partial charge in [-0.1, -0.05) is 6.92 Å². The van der Waals surface area contributed by atoms with E-state index in [1.165, 1.54) is 11.8 Å². The highest BCUT2D eigenvalue weighted by Gasteiger charge is 2.24. The first-order valence-electron chi connectivity index (χ1n) is 8.33. The van der Waals surface area contributed by atoms with Gasteiger partial charge >= 0.3 is 0 Å². The minimum Gasteiger partial charge on any atom is -0.378 e. The summed E-state index contributed by atoms with van der Waals surface area (Å²) in [5, 5.41) is 11.4. The van der Waals surface area contributed by atoms with E-state index in [0.29, 0.717) is 17.1 Å². The van der Waals surface area contributed by atoms with Crippen molar-refractivity contribution in [1.29, 1.82) is 0 Å². The van der Waals surface area contributed by atoms with Crippen LogP contribution in [0.15, 0.2) is 11.2 Å². The van der Waals surface area contributed by atoms with Gasteiger partial charge in [-0.25, -0.2) is 0 Å². The molecule has 7 heteroatoms. The molecule has 1 heterocycles. The third-order valence-corrected chi connectivity index (χ3v) is 5.35. The Hall–Kier alpha value is -0.790. The molecule has 0 N–H and O–H groups in total. The molecule has 1 aliphatic heterocycles. The molecule has 1 fully saturated rings. The van der Waals surface area contributed by atoms with Crippen molar-refractivity contribution in [2.75, 3.05) is 39.5 Å². The first kappa shape index (κ1) is 20.3. The van der Waals surface area contributed by atoms with Crippen LogP contribution >= 0.6 is 11.8 Å². The maximum atomic E-state index is 10.7. The van der Waals surface area contributed by atoms with E-state index >= 15 is 0 Å².